The van der Waals surface area contributed by atoms with Crippen molar-refractivity contribution in [3.05, 3.63) is 0 Å². The summed E-state index contributed by atoms with van der Waals surface area (Å²) in [6, 6.07) is -1.11. The fourth-order valence-electron chi connectivity index (χ4n) is 0.944. The number of rotatable bonds is 6. The molecule has 0 aliphatic rings. The fourth-order valence-corrected chi connectivity index (χ4v) is 0.944. The van der Waals surface area contributed by atoms with E-state index in [1.54, 1.807) is 0 Å². The summed E-state index contributed by atoms with van der Waals surface area (Å²) in [5.41, 5.74) is 0. The van der Waals surface area contributed by atoms with E-state index in [4.69, 9.17) is 30.3 Å². The Labute approximate surface area is 83.2 Å². The van der Waals surface area contributed by atoms with Gasteiger partial charge in [0, 0.05) is 0 Å². The van der Waals surface area contributed by atoms with Gasteiger partial charge in [0.1, 0.15) is 20.1 Å². The quantitative estimate of drug-likeness (QED) is 0.227. The first kappa shape index (κ1) is 13.8. The summed E-state index contributed by atoms with van der Waals surface area (Å²) in [4.78, 5) is 0. The molecular formula is C7H17BO6. The number of aliphatic hydroxyl groups is 5. The zero-order chi connectivity index (χ0) is 11.3. The Morgan fingerprint density at radius 2 is 1.71 bits per heavy atom. The summed E-state index contributed by atoms with van der Waals surface area (Å²) in [7, 11) is 1.32. The van der Waals surface area contributed by atoms with Crippen LogP contribution >= 0.6 is 0 Å². The number of ether oxygens (including phenoxy) is 1. The molecular weight excluding hydrogens is 191 g/mol. The van der Waals surface area contributed by atoms with E-state index in [2.05, 4.69) is 0 Å². The zero-order valence-electron chi connectivity index (χ0n) is 8.24. The van der Waals surface area contributed by atoms with Gasteiger partial charge < -0.3 is 30.3 Å². The van der Waals surface area contributed by atoms with E-state index in [0.717, 1.165) is 0 Å². The highest BCUT2D eigenvalue weighted by atomic mass is 16.6. The van der Waals surface area contributed by atoms with Gasteiger partial charge in [-0.1, -0.05) is 0 Å². The van der Waals surface area contributed by atoms with Gasteiger partial charge in [0.05, 0.1) is 18.7 Å². The molecule has 6 nitrogen and oxygen atoms in total. The largest absolute Gasteiger partial charge is 0.399 e. The molecule has 0 aliphatic heterocycles. The van der Waals surface area contributed by atoms with Crippen LogP contribution in [0.4, 0.5) is 0 Å². The molecule has 0 aromatic heterocycles. The second-order valence-corrected chi connectivity index (χ2v) is 3.22. The first-order chi connectivity index (χ1) is 6.40. The minimum atomic E-state index is -1.86. The lowest BCUT2D eigenvalue weighted by atomic mass is 9.94. The average molecular weight is 208 g/mol. The molecule has 0 radical (unpaired) electrons. The standard InChI is InChI=1S/C7H17BO6/c1-3(10)4(2-9)14-5(6(8)11)7(12)13/h3-7,9-13H,2,8H2,1H3. The number of aliphatic hydroxyl groups excluding tert-OH is 4. The molecule has 0 saturated carbocycles. The van der Waals surface area contributed by atoms with E-state index in [9.17, 15) is 0 Å². The number of hydrogen-bond donors (Lipinski definition) is 5. The third kappa shape index (κ3) is 4.36. The van der Waals surface area contributed by atoms with E-state index >= 15 is 0 Å². The van der Waals surface area contributed by atoms with Crippen molar-refractivity contribution in [2.45, 2.75) is 37.5 Å². The lowest BCUT2D eigenvalue weighted by Crippen LogP contribution is -2.45. The van der Waals surface area contributed by atoms with Crippen LogP contribution in [0.3, 0.4) is 0 Å². The van der Waals surface area contributed by atoms with E-state index in [0.29, 0.717) is 0 Å². The highest BCUT2D eigenvalue weighted by molar-refractivity contribution is 6.11. The van der Waals surface area contributed by atoms with Crippen molar-refractivity contribution in [3.63, 3.8) is 0 Å². The molecule has 84 valence electrons. The molecule has 0 rings (SSSR count). The predicted octanol–water partition coefficient (Wildman–Crippen LogP) is -3.62. The molecule has 0 fully saturated rings. The van der Waals surface area contributed by atoms with Gasteiger partial charge in [0.25, 0.3) is 0 Å². The molecule has 0 saturated heterocycles. The van der Waals surface area contributed by atoms with E-state index < -0.39 is 37.2 Å². The van der Waals surface area contributed by atoms with Crippen LogP contribution in [0.25, 0.3) is 0 Å². The van der Waals surface area contributed by atoms with Crippen molar-refractivity contribution in [1.29, 1.82) is 0 Å². The Kier molecular flexibility index (Phi) is 6.26. The molecule has 5 N–H and O–H groups in total. The molecule has 0 aromatic carbocycles. The SMILES string of the molecule is BC(O)C(OC(CO)C(C)O)C(O)O. The first-order valence-electron chi connectivity index (χ1n) is 4.38. The normalized spacial score (nSPS) is 20.5. The van der Waals surface area contributed by atoms with Crippen LogP contribution in [-0.4, -0.2) is 70.6 Å². The van der Waals surface area contributed by atoms with Gasteiger partial charge in [-0.15, -0.1) is 0 Å². The summed E-state index contributed by atoms with van der Waals surface area (Å²) >= 11 is 0. The van der Waals surface area contributed by atoms with Crippen LogP contribution in [0.1, 0.15) is 6.92 Å². The van der Waals surface area contributed by atoms with Gasteiger partial charge in [-0.2, -0.15) is 0 Å². The van der Waals surface area contributed by atoms with Gasteiger partial charge in [-0.25, -0.2) is 0 Å². The Bertz CT molecular complexity index is 143. The maximum absolute atomic E-state index is 9.10. The van der Waals surface area contributed by atoms with Crippen LogP contribution in [0, 0.1) is 0 Å². The smallest absolute Gasteiger partial charge is 0.180 e. The topological polar surface area (TPSA) is 110 Å². The van der Waals surface area contributed by atoms with Gasteiger partial charge >= 0.3 is 0 Å². The molecule has 0 aromatic rings. The van der Waals surface area contributed by atoms with Gasteiger partial charge in [-0.3, -0.25) is 0 Å². The van der Waals surface area contributed by atoms with E-state index in [-0.39, 0.29) is 0 Å². The highest BCUT2D eigenvalue weighted by Crippen LogP contribution is 2.08. The summed E-state index contributed by atoms with van der Waals surface area (Å²) in [5.74, 6) is 0. The van der Waals surface area contributed by atoms with Crippen molar-refractivity contribution in [2.75, 3.05) is 6.61 Å². The molecule has 0 aliphatic carbocycles. The fraction of sp³-hybridized carbons (Fsp3) is 1.00. The van der Waals surface area contributed by atoms with Crippen molar-refractivity contribution in [3.8, 4) is 0 Å². The Morgan fingerprint density at radius 1 is 1.21 bits per heavy atom. The van der Waals surface area contributed by atoms with Crippen molar-refractivity contribution in [2.24, 2.45) is 0 Å². The minimum absolute atomic E-state index is 0.465. The Morgan fingerprint density at radius 3 is 1.93 bits per heavy atom. The van der Waals surface area contributed by atoms with Gasteiger partial charge in [0.2, 0.25) is 0 Å². The van der Waals surface area contributed by atoms with Crippen LogP contribution < -0.4 is 0 Å². The summed E-state index contributed by atoms with van der Waals surface area (Å²) < 4.78 is 4.93. The molecule has 0 bridgehead atoms. The number of hydrogen-bond acceptors (Lipinski definition) is 6. The molecule has 4 unspecified atom stereocenters. The van der Waals surface area contributed by atoms with E-state index in [1.165, 1.54) is 14.8 Å². The Hall–Kier alpha value is -0.175. The monoisotopic (exact) mass is 208 g/mol. The van der Waals surface area contributed by atoms with Crippen LogP contribution in [0.2, 0.25) is 0 Å². The second kappa shape index (κ2) is 6.33. The molecule has 0 spiro atoms. The van der Waals surface area contributed by atoms with Crippen LogP contribution in [0.5, 0.6) is 0 Å². The predicted molar refractivity (Wildman–Crippen MR) is 50.2 cm³/mol. The van der Waals surface area contributed by atoms with Crippen LogP contribution in [0.15, 0.2) is 0 Å². The maximum Gasteiger partial charge on any atom is 0.180 e. The maximum atomic E-state index is 9.10. The lowest BCUT2D eigenvalue weighted by molar-refractivity contribution is -0.202. The third-order valence-corrected chi connectivity index (χ3v) is 1.82. The minimum Gasteiger partial charge on any atom is -0.399 e. The molecule has 0 heterocycles. The lowest BCUT2D eigenvalue weighted by Gasteiger charge is -2.28. The summed E-state index contributed by atoms with van der Waals surface area (Å²) in [6.07, 6.45) is -5.01. The van der Waals surface area contributed by atoms with Crippen LogP contribution in [-0.2, 0) is 4.74 Å². The van der Waals surface area contributed by atoms with Gasteiger partial charge in [-0.05, 0) is 6.92 Å². The van der Waals surface area contributed by atoms with Crippen molar-refractivity contribution in [1.82, 2.24) is 0 Å². The molecule has 7 heteroatoms. The summed E-state index contributed by atoms with van der Waals surface area (Å²) in [5, 5.41) is 44.6. The van der Waals surface area contributed by atoms with Crippen molar-refractivity contribution < 1.29 is 30.3 Å². The second-order valence-electron chi connectivity index (χ2n) is 3.22. The third-order valence-electron chi connectivity index (χ3n) is 1.82. The molecule has 4 atom stereocenters. The zero-order valence-corrected chi connectivity index (χ0v) is 8.24. The first-order valence-corrected chi connectivity index (χ1v) is 4.38. The average Bonchev–Trinajstić information content (AvgIpc) is 2.03. The van der Waals surface area contributed by atoms with Gasteiger partial charge in [0.15, 0.2) is 6.29 Å². The summed E-state index contributed by atoms with van der Waals surface area (Å²) in [6.45, 7) is 0.928. The van der Waals surface area contributed by atoms with Crippen molar-refractivity contribution >= 4 is 7.85 Å². The highest BCUT2D eigenvalue weighted by Gasteiger charge is 2.28. The molecule has 0 amide bonds. The van der Waals surface area contributed by atoms with E-state index in [1.807, 2.05) is 0 Å². The molecule has 14 heavy (non-hydrogen) atoms. The Balaban J connectivity index is 4.26.